The molecule has 138 valence electrons. The molecule has 0 unspecified atom stereocenters. The van der Waals surface area contributed by atoms with E-state index in [1.54, 1.807) is 0 Å². The Labute approximate surface area is 144 Å². The first-order chi connectivity index (χ1) is 11.4. The van der Waals surface area contributed by atoms with Crippen LogP contribution >= 0.6 is 0 Å². The van der Waals surface area contributed by atoms with E-state index in [9.17, 15) is 26.4 Å². The lowest BCUT2D eigenvalue weighted by atomic mass is 9.70. The molecule has 3 rings (SSSR count). The molecule has 2 bridgehead atoms. The highest BCUT2D eigenvalue weighted by Gasteiger charge is 2.65. The molecule has 0 aromatic heterocycles. The molecule has 2 aliphatic carbocycles. The van der Waals surface area contributed by atoms with E-state index >= 15 is 0 Å². The summed E-state index contributed by atoms with van der Waals surface area (Å²) in [5.41, 5.74) is -2.45. The molecule has 0 heterocycles. The number of ketones is 1. The van der Waals surface area contributed by atoms with Gasteiger partial charge in [0.25, 0.3) is 0 Å². The van der Waals surface area contributed by atoms with Gasteiger partial charge in [-0.25, -0.2) is 8.42 Å². The third-order valence-electron chi connectivity index (χ3n) is 6.04. The zero-order chi connectivity index (χ0) is 18.7. The van der Waals surface area contributed by atoms with Crippen LogP contribution in [0, 0.1) is 16.7 Å². The zero-order valence-electron chi connectivity index (χ0n) is 14.0. The van der Waals surface area contributed by atoms with Gasteiger partial charge in [0.15, 0.2) is 0 Å². The number of Topliss-reactive ketones (excluding diaryl/α,β-unsaturated/α-hetero) is 1. The van der Waals surface area contributed by atoms with Gasteiger partial charge in [-0.3, -0.25) is 9.52 Å². The average Bonchev–Trinajstić information content (AvgIpc) is 2.79. The van der Waals surface area contributed by atoms with Gasteiger partial charge in [-0.15, -0.1) is 0 Å². The first-order valence-corrected chi connectivity index (χ1v) is 9.74. The van der Waals surface area contributed by atoms with Crippen molar-refractivity contribution < 1.29 is 26.4 Å². The van der Waals surface area contributed by atoms with Crippen LogP contribution in [-0.4, -0.2) is 20.0 Å². The van der Waals surface area contributed by atoms with Crippen LogP contribution in [-0.2, 0) is 21.0 Å². The number of hydrogen-bond donors (Lipinski definition) is 1. The Bertz CT molecular complexity index is 817. The minimum absolute atomic E-state index is 0.0526. The molecule has 2 saturated carbocycles. The number of nitrogens with one attached hydrogen (secondary N) is 1. The second kappa shape index (κ2) is 5.46. The summed E-state index contributed by atoms with van der Waals surface area (Å²) in [4.78, 5) is 12.4. The molecule has 0 saturated heterocycles. The fourth-order valence-electron chi connectivity index (χ4n) is 4.41. The van der Waals surface area contributed by atoms with Crippen LogP contribution in [0.2, 0.25) is 0 Å². The van der Waals surface area contributed by atoms with Gasteiger partial charge in [0.1, 0.15) is 5.78 Å². The normalized spacial score (nSPS) is 28.4. The number of carbonyl (C=O) groups excluding carboxylic acids is 1. The monoisotopic (exact) mass is 375 g/mol. The van der Waals surface area contributed by atoms with Crippen molar-refractivity contribution in [1.29, 1.82) is 0 Å². The van der Waals surface area contributed by atoms with E-state index in [4.69, 9.17) is 0 Å². The molecule has 2 atom stereocenters. The summed E-state index contributed by atoms with van der Waals surface area (Å²) < 4.78 is 65.7. The van der Waals surface area contributed by atoms with Crippen molar-refractivity contribution in [2.45, 2.75) is 39.3 Å². The molecule has 8 heteroatoms. The fourth-order valence-corrected chi connectivity index (χ4v) is 6.29. The summed E-state index contributed by atoms with van der Waals surface area (Å²) in [6, 6.07) is 4.05. The van der Waals surface area contributed by atoms with Crippen LogP contribution in [0.5, 0.6) is 0 Å². The van der Waals surface area contributed by atoms with Crippen LogP contribution in [0.1, 0.15) is 38.7 Å². The Morgan fingerprint density at radius 3 is 2.48 bits per heavy atom. The summed E-state index contributed by atoms with van der Waals surface area (Å²) in [5.74, 6) is -0.273. The first-order valence-electron chi connectivity index (χ1n) is 8.08. The number of halogens is 3. The molecular weight excluding hydrogens is 355 g/mol. The fraction of sp³-hybridized carbons (Fsp3) is 0.588. The predicted octanol–water partition coefficient (Wildman–Crippen LogP) is 3.84. The first kappa shape index (κ1) is 18.2. The summed E-state index contributed by atoms with van der Waals surface area (Å²) in [5, 5.41) is 0. The molecule has 25 heavy (non-hydrogen) atoms. The molecule has 0 radical (unpaired) electrons. The van der Waals surface area contributed by atoms with Gasteiger partial charge in [0, 0.05) is 12.1 Å². The highest BCUT2D eigenvalue weighted by Crippen LogP contribution is 2.64. The van der Waals surface area contributed by atoms with Gasteiger partial charge in [0.2, 0.25) is 10.0 Å². The van der Waals surface area contributed by atoms with Crippen molar-refractivity contribution >= 4 is 21.5 Å². The highest BCUT2D eigenvalue weighted by molar-refractivity contribution is 7.92. The van der Waals surface area contributed by atoms with Crippen molar-refractivity contribution in [3.8, 4) is 0 Å². The maximum absolute atomic E-state index is 12.8. The van der Waals surface area contributed by atoms with Crippen molar-refractivity contribution in [1.82, 2.24) is 0 Å². The minimum atomic E-state index is -4.55. The second-order valence-corrected chi connectivity index (χ2v) is 9.33. The lowest BCUT2D eigenvalue weighted by molar-refractivity contribution is -0.137. The van der Waals surface area contributed by atoms with Gasteiger partial charge in [0.05, 0.1) is 16.7 Å². The standard InChI is InChI=1S/C17H20F3NO3S/c1-15(2)11-6-7-16(15,14(22)9-11)10-25(23,24)21-13-5-3-4-12(8-13)17(18,19)20/h3-5,8,11,21H,6-7,9-10H2,1-2H3/t11-,16+/m0/s1. The molecule has 0 amide bonds. The number of sulfonamides is 1. The topological polar surface area (TPSA) is 63.2 Å². The molecule has 2 fully saturated rings. The largest absolute Gasteiger partial charge is 0.416 e. The van der Waals surface area contributed by atoms with Crippen LogP contribution in [0.25, 0.3) is 0 Å². The number of anilines is 1. The molecule has 1 N–H and O–H groups in total. The smallest absolute Gasteiger partial charge is 0.299 e. The Balaban J connectivity index is 1.85. The Kier molecular flexibility index (Phi) is 3.98. The van der Waals surface area contributed by atoms with Crippen molar-refractivity contribution in [3.63, 3.8) is 0 Å². The van der Waals surface area contributed by atoms with Crippen molar-refractivity contribution in [2.24, 2.45) is 16.7 Å². The lowest BCUT2D eigenvalue weighted by Crippen LogP contribution is -2.43. The predicted molar refractivity (Wildman–Crippen MR) is 87.4 cm³/mol. The van der Waals surface area contributed by atoms with Crippen LogP contribution in [0.15, 0.2) is 24.3 Å². The number of benzene rings is 1. The van der Waals surface area contributed by atoms with Crippen LogP contribution in [0.4, 0.5) is 18.9 Å². The van der Waals surface area contributed by atoms with E-state index in [2.05, 4.69) is 4.72 Å². The third kappa shape index (κ3) is 2.94. The molecule has 0 aliphatic heterocycles. The SMILES string of the molecule is CC1(C)[C@H]2CC[C@@]1(CS(=O)(=O)Nc1cccc(C(F)(F)F)c1)C(=O)C2. The van der Waals surface area contributed by atoms with E-state index in [1.165, 1.54) is 6.07 Å². The van der Waals surface area contributed by atoms with Gasteiger partial charge >= 0.3 is 6.18 Å². The minimum Gasteiger partial charge on any atom is -0.299 e. The van der Waals surface area contributed by atoms with Crippen LogP contribution in [0.3, 0.4) is 0 Å². The lowest BCUT2D eigenvalue weighted by Gasteiger charge is -2.36. The maximum Gasteiger partial charge on any atom is 0.416 e. The molecule has 1 aromatic rings. The zero-order valence-corrected chi connectivity index (χ0v) is 14.8. The second-order valence-electron chi connectivity index (χ2n) is 7.61. The number of alkyl halides is 3. The summed E-state index contributed by atoms with van der Waals surface area (Å²) in [6.07, 6.45) is -2.86. The quantitative estimate of drug-likeness (QED) is 0.870. The molecule has 2 aliphatic rings. The Hall–Kier alpha value is -1.57. The number of rotatable bonds is 4. The van der Waals surface area contributed by atoms with Gasteiger partial charge in [-0.2, -0.15) is 13.2 Å². The van der Waals surface area contributed by atoms with Crippen molar-refractivity contribution in [3.05, 3.63) is 29.8 Å². The van der Waals surface area contributed by atoms with Gasteiger partial charge in [-0.05, 0) is 42.4 Å². The third-order valence-corrected chi connectivity index (χ3v) is 7.46. The van der Waals surface area contributed by atoms with Crippen LogP contribution < -0.4 is 4.72 Å². The summed E-state index contributed by atoms with van der Waals surface area (Å²) >= 11 is 0. The van der Waals surface area contributed by atoms with E-state index in [1.807, 2.05) is 13.8 Å². The summed E-state index contributed by atoms with van der Waals surface area (Å²) in [6.45, 7) is 3.82. The van der Waals surface area contributed by atoms with E-state index in [-0.39, 0.29) is 17.4 Å². The number of hydrogen-bond acceptors (Lipinski definition) is 3. The molecular formula is C17H20F3NO3S. The highest BCUT2D eigenvalue weighted by atomic mass is 32.2. The van der Waals surface area contributed by atoms with Gasteiger partial charge in [-0.1, -0.05) is 19.9 Å². The van der Waals surface area contributed by atoms with Gasteiger partial charge < -0.3 is 0 Å². The Morgan fingerprint density at radius 2 is 1.96 bits per heavy atom. The van der Waals surface area contributed by atoms with E-state index < -0.39 is 38.3 Å². The maximum atomic E-state index is 12.8. The average molecular weight is 375 g/mol. The number of fused-ring (bicyclic) bond motifs is 2. The molecule has 0 spiro atoms. The van der Waals surface area contributed by atoms with E-state index in [0.29, 0.717) is 12.8 Å². The van der Waals surface area contributed by atoms with Crippen molar-refractivity contribution in [2.75, 3.05) is 10.5 Å². The Morgan fingerprint density at radius 1 is 1.28 bits per heavy atom. The number of carbonyl (C=O) groups is 1. The van der Waals surface area contributed by atoms with E-state index in [0.717, 1.165) is 24.6 Å². The molecule has 1 aromatic carbocycles. The molecule has 4 nitrogen and oxygen atoms in total. The summed E-state index contributed by atoms with van der Waals surface area (Å²) in [7, 11) is -3.97.